The first-order valence-corrected chi connectivity index (χ1v) is 4.92. The molecule has 1 rings (SSSR count). The van der Waals surface area contributed by atoms with Crippen molar-refractivity contribution in [3.8, 4) is 0 Å². The molecule has 98 valence electrons. The number of hydrogen-bond acceptors (Lipinski definition) is 4. The lowest BCUT2D eigenvalue weighted by molar-refractivity contribution is -0.387. The zero-order chi connectivity index (χ0) is 13.9. The van der Waals surface area contributed by atoms with Gasteiger partial charge in [0.2, 0.25) is 5.82 Å². The van der Waals surface area contributed by atoms with E-state index in [1.807, 2.05) is 0 Å². The van der Waals surface area contributed by atoms with Crippen molar-refractivity contribution in [3.05, 3.63) is 39.4 Å². The van der Waals surface area contributed by atoms with Crippen LogP contribution in [-0.2, 0) is 0 Å². The van der Waals surface area contributed by atoms with Crippen molar-refractivity contribution in [2.24, 2.45) is 0 Å². The maximum absolute atomic E-state index is 13.4. The van der Waals surface area contributed by atoms with Gasteiger partial charge in [0.25, 0.3) is 5.91 Å². The van der Waals surface area contributed by atoms with E-state index >= 15 is 0 Å². The van der Waals surface area contributed by atoms with Crippen molar-refractivity contribution in [1.82, 2.24) is 5.32 Å². The van der Waals surface area contributed by atoms with Crippen molar-refractivity contribution in [1.29, 1.82) is 0 Å². The van der Waals surface area contributed by atoms with Gasteiger partial charge in [-0.05, 0) is 13.0 Å². The van der Waals surface area contributed by atoms with Gasteiger partial charge in [-0.2, -0.15) is 4.39 Å². The van der Waals surface area contributed by atoms with E-state index in [0.717, 1.165) is 0 Å². The number of aliphatic hydroxyl groups is 1. The molecule has 0 fully saturated rings. The SMILES string of the molecule is C[C@H](CO)NC(=O)c1cc(F)c([N+](=O)[O-])cc1F. The van der Waals surface area contributed by atoms with Crippen LogP contribution in [0, 0.1) is 21.7 Å². The summed E-state index contributed by atoms with van der Waals surface area (Å²) in [5, 5.41) is 21.2. The molecule has 0 heterocycles. The molecule has 1 aromatic rings. The van der Waals surface area contributed by atoms with Crippen LogP contribution in [0.15, 0.2) is 12.1 Å². The highest BCUT2D eigenvalue weighted by Gasteiger charge is 2.22. The molecule has 6 nitrogen and oxygen atoms in total. The number of rotatable bonds is 4. The quantitative estimate of drug-likeness (QED) is 0.623. The lowest BCUT2D eigenvalue weighted by Gasteiger charge is -2.11. The number of carbonyl (C=O) groups is 1. The Balaban J connectivity index is 3.08. The number of nitro benzene ring substituents is 1. The minimum Gasteiger partial charge on any atom is -0.394 e. The Morgan fingerprint density at radius 2 is 2.11 bits per heavy atom. The average molecular weight is 260 g/mol. The van der Waals surface area contributed by atoms with E-state index < -0.39 is 39.8 Å². The number of carbonyl (C=O) groups excluding carboxylic acids is 1. The number of nitrogens with zero attached hydrogens (tertiary/aromatic N) is 1. The fourth-order valence-corrected chi connectivity index (χ4v) is 1.20. The molecule has 0 saturated carbocycles. The number of hydrogen-bond donors (Lipinski definition) is 2. The van der Waals surface area contributed by atoms with Crippen LogP contribution in [0.25, 0.3) is 0 Å². The van der Waals surface area contributed by atoms with Crippen molar-refractivity contribution in [2.75, 3.05) is 6.61 Å². The van der Waals surface area contributed by atoms with Gasteiger partial charge < -0.3 is 10.4 Å². The first-order chi connectivity index (χ1) is 8.36. The predicted molar refractivity (Wildman–Crippen MR) is 57.0 cm³/mol. The number of benzene rings is 1. The first kappa shape index (κ1) is 14.0. The van der Waals surface area contributed by atoms with Gasteiger partial charge in [-0.25, -0.2) is 4.39 Å². The van der Waals surface area contributed by atoms with Gasteiger partial charge in [0.1, 0.15) is 5.82 Å². The van der Waals surface area contributed by atoms with E-state index in [2.05, 4.69) is 5.32 Å². The second-order valence-electron chi connectivity index (χ2n) is 3.60. The molecule has 0 aliphatic rings. The van der Waals surface area contributed by atoms with Gasteiger partial charge in [-0.15, -0.1) is 0 Å². The topological polar surface area (TPSA) is 92.5 Å². The molecule has 18 heavy (non-hydrogen) atoms. The summed E-state index contributed by atoms with van der Waals surface area (Å²) in [6, 6.07) is 0.149. The third-order valence-corrected chi connectivity index (χ3v) is 2.13. The van der Waals surface area contributed by atoms with Crippen LogP contribution < -0.4 is 5.32 Å². The highest BCUT2D eigenvalue weighted by molar-refractivity contribution is 5.94. The van der Waals surface area contributed by atoms with Crippen molar-refractivity contribution in [3.63, 3.8) is 0 Å². The van der Waals surface area contributed by atoms with E-state index in [1.54, 1.807) is 0 Å². The van der Waals surface area contributed by atoms with Gasteiger partial charge in [0.05, 0.1) is 23.2 Å². The van der Waals surface area contributed by atoms with Crippen LogP contribution in [0.3, 0.4) is 0 Å². The monoisotopic (exact) mass is 260 g/mol. The van der Waals surface area contributed by atoms with Crippen LogP contribution in [0.4, 0.5) is 14.5 Å². The van der Waals surface area contributed by atoms with Crippen molar-refractivity contribution < 1.29 is 23.6 Å². The standard InChI is InChI=1S/C10H10F2N2O4/c1-5(4-15)13-10(16)6-2-8(12)9(14(17)18)3-7(6)11/h2-3,5,15H,4H2,1H3,(H,13,16)/t5-/m1/s1. The smallest absolute Gasteiger partial charge is 0.307 e. The number of aliphatic hydroxyl groups excluding tert-OH is 1. The van der Waals surface area contributed by atoms with E-state index in [-0.39, 0.29) is 6.61 Å². The molecule has 2 N–H and O–H groups in total. The third-order valence-electron chi connectivity index (χ3n) is 2.13. The normalized spacial score (nSPS) is 12.0. The molecule has 8 heteroatoms. The van der Waals surface area contributed by atoms with Crippen LogP contribution >= 0.6 is 0 Å². The lowest BCUT2D eigenvalue weighted by atomic mass is 10.1. The summed E-state index contributed by atoms with van der Waals surface area (Å²) >= 11 is 0. The Morgan fingerprint density at radius 1 is 1.50 bits per heavy atom. The molecule has 0 unspecified atom stereocenters. The van der Waals surface area contributed by atoms with Gasteiger partial charge in [-0.1, -0.05) is 0 Å². The first-order valence-electron chi connectivity index (χ1n) is 4.92. The van der Waals surface area contributed by atoms with Crippen LogP contribution in [-0.4, -0.2) is 28.6 Å². The minimum absolute atomic E-state index is 0.341. The fraction of sp³-hybridized carbons (Fsp3) is 0.300. The van der Waals surface area contributed by atoms with Crippen LogP contribution in [0.1, 0.15) is 17.3 Å². The van der Waals surface area contributed by atoms with Crippen molar-refractivity contribution >= 4 is 11.6 Å². The van der Waals surface area contributed by atoms with Gasteiger partial charge in [0, 0.05) is 6.04 Å². The molecule has 1 amide bonds. The lowest BCUT2D eigenvalue weighted by Crippen LogP contribution is -2.35. The summed E-state index contributed by atoms with van der Waals surface area (Å²) < 4.78 is 26.6. The summed E-state index contributed by atoms with van der Waals surface area (Å²) in [7, 11) is 0. The van der Waals surface area contributed by atoms with Gasteiger partial charge in [0.15, 0.2) is 0 Å². The van der Waals surface area contributed by atoms with E-state index in [0.29, 0.717) is 12.1 Å². The Kier molecular flexibility index (Phi) is 4.27. The van der Waals surface area contributed by atoms with Crippen molar-refractivity contribution in [2.45, 2.75) is 13.0 Å². The molecule has 1 atom stereocenters. The summed E-state index contributed by atoms with van der Waals surface area (Å²) in [6.45, 7) is 1.08. The molecule has 0 aliphatic carbocycles. The van der Waals surface area contributed by atoms with E-state index in [1.165, 1.54) is 6.92 Å². The molecule has 1 aromatic carbocycles. The molecule has 0 aromatic heterocycles. The van der Waals surface area contributed by atoms with Gasteiger partial charge >= 0.3 is 5.69 Å². The maximum Gasteiger partial charge on any atom is 0.307 e. The number of nitrogens with one attached hydrogen (secondary N) is 1. The molecule has 0 radical (unpaired) electrons. The Labute approximate surface area is 100 Å². The minimum atomic E-state index is -1.30. The van der Waals surface area contributed by atoms with Crippen LogP contribution in [0.2, 0.25) is 0 Å². The second-order valence-corrected chi connectivity index (χ2v) is 3.60. The zero-order valence-corrected chi connectivity index (χ0v) is 9.31. The Bertz CT molecular complexity index is 493. The average Bonchev–Trinajstić information content (AvgIpc) is 2.30. The Morgan fingerprint density at radius 3 is 2.61 bits per heavy atom. The highest BCUT2D eigenvalue weighted by atomic mass is 19.1. The van der Waals surface area contributed by atoms with E-state index in [4.69, 9.17) is 5.11 Å². The summed E-state index contributed by atoms with van der Waals surface area (Å²) in [5.74, 6) is -3.46. The van der Waals surface area contributed by atoms with Gasteiger partial charge in [-0.3, -0.25) is 14.9 Å². The summed E-state index contributed by atoms with van der Waals surface area (Å²) in [6.07, 6.45) is 0. The molecule has 0 saturated heterocycles. The fourth-order valence-electron chi connectivity index (χ4n) is 1.20. The second kappa shape index (κ2) is 5.50. The largest absolute Gasteiger partial charge is 0.394 e. The highest BCUT2D eigenvalue weighted by Crippen LogP contribution is 2.21. The zero-order valence-electron chi connectivity index (χ0n) is 9.31. The summed E-state index contributed by atoms with van der Waals surface area (Å²) in [5.41, 5.74) is -1.70. The molecular weight excluding hydrogens is 250 g/mol. The molecule has 0 aliphatic heterocycles. The Hall–Kier alpha value is -2.09. The molecular formula is C10H10F2N2O4. The maximum atomic E-state index is 13.4. The number of halogens is 2. The molecule has 0 spiro atoms. The summed E-state index contributed by atoms with van der Waals surface area (Å²) in [4.78, 5) is 20.7. The van der Waals surface area contributed by atoms with Crippen LogP contribution in [0.5, 0.6) is 0 Å². The predicted octanol–water partition coefficient (Wildman–Crippen LogP) is 0.984. The third kappa shape index (κ3) is 2.98. The number of amides is 1. The van der Waals surface area contributed by atoms with E-state index in [9.17, 15) is 23.7 Å². The molecule has 0 bridgehead atoms. The number of nitro groups is 1.